The van der Waals surface area contributed by atoms with Gasteiger partial charge in [0.1, 0.15) is 11.9 Å². The average Bonchev–Trinajstić information content (AvgIpc) is 3.32. The topological polar surface area (TPSA) is 86.3 Å². The quantitative estimate of drug-likeness (QED) is 0.389. The zero-order chi connectivity index (χ0) is 23.8. The molecule has 0 aliphatic carbocycles. The van der Waals surface area contributed by atoms with Gasteiger partial charge in [-0.05, 0) is 36.2 Å². The summed E-state index contributed by atoms with van der Waals surface area (Å²) in [6, 6.07) is 9.23. The van der Waals surface area contributed by atoms with Crippen molar-refractivity contribution in [3.8, 4) is 23.0 Å². The van der Waals surface area contributed by atoms with Crippen molar-refractivity contribution < 1.29 is 28.5 Å². The Morgan fingerprint density at radius 2 is 1.82 bits per heavy atom. The van der Waals surface area contributed by atoms with Gasteiger partial charge in [-0.1, -0.05) is 25.8 Å². The standard InChI is InChI=1S/C24H29ClN2O6/c1-4-5-6-11-26-24(29)23(16-7-9-19-21(12-16)33-15-32-19)27(22(28)14-25)17-8-10-18(30-2)20(13-17)31-3/h7-10,12-13,23H,4-6,11,14-15H2,1-3H3,(H,26,29). The Morgan fingerprint density at radius 1 is 1.06 bits per heavy atom. The fourth-order valence-corrected chi connectivity index (χ4v) is 3.79. The second-order valence-corrected chi connectivity index (χ2v) is 7.72. The van der Waals surface area contributed by atoms with Crippen molar-refractivity contribution in [2.45, 2.75) is 32.2 Å². The largest absolute Gasteiger partial charge is 0.493 e. The lowest BCUT2D eigenvalue weighted by Gasteiger charge is -2.31. The molecule has 1 aliphatic heterocycles. The van der Waals surface area contributed by atoms with Crippen LogP contribution < -0.4 is 29.2 Å². The van der Waals surface area contributed by atoms with Crippen molar-refractivity contribution in [2.75, 3.05) is 38.3 Å². The number of nitrogens with zero attached hydrogens (tertiary/aromatic N) is 1. The number of rotatable bonds is 11. The number of halogens is 1. The summed E-state index contributed by atoms with van der Waals surface area (Å²) >= 11 is 5.98. The SMILES string of the molecule is CCCCCNC(=O)C(c1ccc2c(c1)OCO2)N(C(=O)CCl)c1ccc(OC)c(OC)c1. The van der Waals surface area contributed by atoms with Crippen LogP contribution in [0.3, 0.4) is 0 Å². The minimum Gasteiger partial charge on any atom is -0.493 e. The number of methoxy groups -OCH3 is 2. The van der Waals surface area contributed by atoms with Crippen LogP contribution in [0.5, 0.6) is 23.0 Å². The number of carbonyl (C=O) groups excluding carboxylic acids is 2. The van der Waals surface area contributed by atoms with E-state index in [2.05, 4.69) is 12.2 Å². The van der Waals surface area contributed by atoms with Crippen LogP contribution in [0.15, 0.2) is 36.4 Å². The first-order chi connectivity index (χ1) is 16.0. The number of alkyl halides is 1. The Kier molecular flexibility index (Phi) is 8.65. The minimum absolute atomic E-state index is 0.104. The van der Waals surface area contributed by atoms with Crippen molar-refractivity contribution in [1.29, 1.82) is 0 Å². The summed E-state index contributed by atoms with van der Waals surface area (Å²) in [5.74, 6) is 0.967. The lowest BCUT2D eigenvalue weighted by atomic mass is 10.0. The molecule has 1 unspecified atom stereocenters. The van der Waals surface area contributed by atoms with Crippen molar-refractivity contribution in [2.24, 2.45) is 0 Å². The number of hydrogen-bond acceptors (Lipinski definition) is 6. The summed E-state index contributed by atoms with van der Waals surface area (Å²) in [7, 11) is 3.03. The molecule has 0 saturated carbocycles. The summed E-state index contributed by atoms with van der Waals surface area (Å²) in [5.41, 5.74) is 1.02. The molecule has 8 nitrogen and oxygen atoms in total. The molecule has 1 atom stereocenters. The molecule has 0 bridgehead atoms. The maximum Gasteiger partial charge on any atom is 0.247 e. The Balaban J connectivity index is 2.06. The third-order valence-corrected chi connectivity index (χ3v) is 5.56. The Morgan fingerprint density at radius 3 is 2.52 bits per heavy atom. The molecule has 2 amide bonds. The molecule has 0 saturated heterocycles. The summed E-state index contributed by atoms with van der Waals surface area (Å²) in [5, 5.41) is 2.96. The fourth-order valence-electron chi connectivity index (χ4n) is 3.66. The van der Waals surface area contributed by atoms with E-state index in [1.54, 1.807) is 36.4 Å². The number of fused-ring (bicyclic) bond motifs is 1. The molecule has 2 aromatic carbocycles. The molecule has 1 heterocycles. The van der Waals surface area contributed by atoms with Gasteiger partial charge in [0.2, 0.25) is 18.6 Å². The van der Waals surface area contributed by atoms with Gasteiger partial charge in [-0.3, -0.25) is 14.5 Å². The van der Waals surface area contributed by atoms with Crippen LogP contribution >= 0.6 is 11.6 Å². The lowest BCUT2D eigenvalue weighted by Crippen LogP contribution is -2.44. The molecule has 33 heavy (non-hydrogen) atoms. The van der Waals surface area contributed by atoms with Gasteiger partial charge < -0.3 is 24.3 Å². The first-order valence-corrected chi connectivity index (χ1v) is 11.3. The van der Waals surface area contributed by atoms with Crippen LogP contribution in [0.4, 0.5) is 5.69 Å². The normalized spacial score (nSPS) is 12.7. The Bertz CT molecular complexity index is 983. The molecule has 2 aromatic rings. The highest BCUT2D eigenvalue weighted by Crippen LogP contribution is 2.39. The predicted octanol–water partition coefficient (Wildman–Crippen LogP) is 4.05. The maximum absolute atomic E-state index is 13.4. The minimum atomic E-state index is -0.981. The highest BCUT2D eigenvalue weighted by Gasteiger charge is 2.34. The van der Waals surface area contributed by atoms with E-state index in [0.29, 0.717) is 40.8 Å². The molecule has 1 N–H and O–H groups in total. The lowest BCUT2D eigenvalue weighted by molar-refractivity contribution is -0.125. The van der Waals surface area contributed by atoms with Gasteiger partial charge in [-0.2, -0.15) is 0 Å². The van der Waals surface area contributed by atoms with E-state index < -0.39 is 11.9 Å². The molecule has 9 heteroatoms. The van der Waals surface area contributed by atoms with Crippen LogP contribution in [0.2, 0.25) is 0 Å². The summed E-state index contributed by atoms with van der Waals surface area (Å²) < 4.78 is 21.6. The molecule has 178 valence electrons. The van der Waals surface area contributed by atoms with Gasteiger partial charge in [-0.15, -0.1) is 11.6 Å². The van der Waals surface area contributed by atoms with Gasteiger partial charge in [0.25, 0.3) is 0 Å². The summed E-state index contributed by atoms with van der Waals surface area (Å²) in [4.78, 5) is 27.9. The third kappa shape index (κ3) is 5.63. The van der Waals surface area contributed by atoms with Crippen molar-refractivity contribution >= 4 is 29.1 Å². The molecular weight excluding hydrogens is 448 g/mol. The first kappa shape index (κ1) is 24.5. The van der Waals surface area contributed by atoms with Crippen LogP contribution in [0.1, 0.15) is 37.8 Å². The second-order valence-electron chi connectivity index (χ2n) is 7.45. The molecule has 0 fully saturated rings. The third-order valence-electron chi connectivity index (χ3n) is 5.33. The van der Waals surface area contributed by atoms with E-state index in [9.17, 15) is 9.59 Å². The fraction of sp³-hybridized carbons (Fsp3) is 0.417. The van der Waals surface area contributed by atoms with E-state index in [4.69, 9.17) is 30.5 Å². The van der Waals surface area contributed by atoms with Crippen molar-refractivity contribution in [1.82, 2.24) is 5.32 Å². The average molecular weight is 477 g/mol. The zero-order valence-electron chi connectivity index (χ0n) is 19.1. The van der Waals surface area contributed by atoms with E-state index in [0.717, 1.165) is 19.3 Å². The Hall–Kier alpha value is -3.13. The summed E-state index contributed by atoms with van der Waals surface area (Å²) in [6.07, 6.45) is 2.87. The van der Waals surface area contributed by atoms with Crippen LogP contribution in [-0.4, -0.2) is 45.3 Å². The van der Waals surface area contributed by atoms with E-state index >= 15 is 0 Å². The van der Waals surface area contributed by atoms with Gasteiger partial charge in [-0.25, -0.2) is 0 Å². The predicted molar refractivity (Wildman–Crippen MR) is 126 cm³/mol. The smallest absolute Gasteiger partial charge is 0.247 e. The highest BCUT2D eigenvalue weighted by atomic mass is 35.5. The van der Waals surface area contributed by atoms with Crippen LogP contribution in [0, 0.1) is 0 Å². The van der Waals surface area contributed by atoms with E-state index in [1.165, 1.54) is 19.1 Å². The second kappa shape index (κ2) is 11.7. The molecule has 0 radical (unpaired) electrons. The number of unbranched alkanes of at least 4 members (excludes halogenated alkanes) is 2. The molecule has 3 rings (SSSR count). The Labute approximate surface area is 198 Å². The molecule has 1 aliphatic rings. The van der Waals surface area contributed by atoms with Gasteiger partial charge in [0.15, 0.2) is 23.0 Å². The molecular formula is C24H29ClN2O6. The van der Waals surface area contributed by atoms with E-state index in [-0.39, 0.29) is 18.6 Å². The number of ether oxygens (including phenoxy) is 4. The van der Waals surface area contributed by atoms with Crippen molar-refractivity contribution in [3.63, 3.8) is 0 Å². The maximum atomic E-state index is 13.4. The first-order valence-electron chi connectivity index (χ1n) is 10.8. The highest BCUT2D eigenvalue weighted by molar-refractivity contribution is 6.29. The number of anilines is 1. The molecule has 0 spiro atoms. The molecule has 0 aromatic heterocycles. The number of benzene rings is 2. The van der Waals surface area contributed by atoms with Crippen LogP contribution in [0.25, 0.3) is 0 Å². The summed E-state index contributed by atoms with van der Waals surface area (Å²) in [6.45, 7) is 2.70. The number of nitrogens with one attached hydrogen (secondary N) is 1. The van der Waals surface area contributed by atoms with Gasteiger partial charge in [0.05, 0.1) is 14.2 Å². The number of hydrogen-bond donors (Lipinski definition) is 1. The van der Waals surface area contributed by atoms with Gasteiger partial charge >= 0.3 is 0 Å². The number of amides is 2. The zero-order valence-corrected chi connectivity index (χ0v) is 19.8. The van der Waals surface area contributed by atoms with Crippen molar-refractivity contribution in [3.05, 3.63) is 42.0 Å². The van der Waals surface area contributed by atoms with Crippen LogP contribution in [-0.2, 0) is 9.59 Å². The van der Waals surface area contributed by atoms with Gasteiger partial charge in [0, 0.05) is 18.3 Å². The monoisotopic (exact) mass is 476 g/mol. The van der Waals surface area contributed by atoms with E-state index in [1.807, 2.05) is 0 Å². The number of carbonyl (C=O) groups is 2.